The van der Waals surface area contributed by atoms with Crippen molar-refractivity contribution in [2.45, 2.75) is 52.2 Å². The normalized spacial score (nSPS) is 12.4. The molecule has 0 spiro atoms. The summed E-state index contributed by atoms with van der Waals surface area (Å²) < 4.78 is 11.6. The number of aromatic nitrogens is 2. The lowest BCUT2D eigenvalue weighted by Crippen LogP contribution is -2.39. The highest BCUT2D eigenvalue weighted by molar-refractivity contribution is 5.80. The first-order valence-electron chi connectivity index (χ1n) is 10.2. The topological polar surface area (TPSA) is 68.5 Å². The van der Waals surface area contributed by atoms with E-state index in [4.69, 9.17) is 9.15 Å². The number of benzene rings is 2. The van der Waals surface area contributed by atoms with Crippen molar-refractivity contribution in [2.24, 2.45) is 0 Å². The van der Waals surface area contributed by atoms with Crippen LogP contribution in [0.2, 0.25) is 0 Å². The van der Waals surface area contributed by atoms with E-state index in [1.54, 1.807) is 11.9 Å². The van der Waals surface area contributed by atoms with Gasteiger partial charge in [0, 0.05) is 12.6 Å². The molecule has 6 heteroatoms. The van der Waals surface area contributed by atoms with E-state index < -0.39 is 6.10 Å². The lowest BCUT2D eigenvalue weighted by molar-refractivity contribution is -0.138. The number of rotatable bonds is 7. The molecule has 6 nitrogen and oxygen atoms in total. The molecule has 1 atom stereocenters. The van der Waals surface area contributed by atoms with Gasteiger partial charge in [-0.25, -0.2) is 0 Å². The predicted molar refractivity (Wildman–Crippen MR) is 116 cm³/mol. The Kier molecular flexibility index (Phi) is 6.55. The third-order valence-corrected chi connectivity index (χ3v) is 4.88. The summed E-state index contributed by atoms with van der Waals surface area (Å²) in [4.78, 5) is 14.4. The number of hydrogen-bond acceptors (Lipinski definition) is 5. The predicted octanol–water partition coefficient (Wildman–Crippen LogP) is 4.85. The van der Waals surface area contributed by atoms with E-state index in [0.717, 1.165) is 5.56 Å². The van der Waals surface area contributed by atoms with E-state index in [2.05, 4.69) is 43.1 Å². The van der Waals surface area contributed by atoms with Crippen molar-refractivity contribution in [1.82, 2.24) is 15.1 Å². The third kappa shape index (κ3) is 5.26. The summed E-state index contributed by atoms with van der Waals surface area (Å²) in [6.45, 7) is 8.66. The quantitative estimate of drug-likeness (QED) is 0.560. The monoisotopic (exact) mass is 407 g/mol. The Morgan fingerprint density at radius 2 is 1.73 bits per heavy atom. The first kappa shape index (κ1) is 21.6. The largest absolute Gasteiger partial charge is 0.481 e. The molecule has 0 N–H and O–H groups in total. The van der Waals surface area contributed by atoms with Gasteiger partial charge in [0.2, 0.25) is 11.8 Å². The van der Waals surface area contributed by atoms with Crippen molar-refractivity contribution >= 4 is 5.91 Å². The molecule has 0 bridgehead atoms. The van der Waals surface area contributed by atoms with Crippen LogP contribution >= 0.6 is 0 Å². The molecule has 0 unspecified atom stereocenters. The van der Waals surface area contributed by atoms with Gasteiger partial charge in [0.1, 0.15) is 5.75 Å². The van der Waals surface area contributed by atoms with Gasteiger partial charge in [-0.1, -0.05) is 58.0 Å². The van der Waals surface area contributed by atoms with Gasteiger partial charge < -0.3 is 14.1 Å². The van der Waals surface area contributed by atoms with E-state index in [0.29, 0.717) is 24.0 Å². The molecule has 0 saturated carbocycles. The first-order valence-corrected chi connectivity index (χ1v) is 10.2. The number of carbonyl (C=O) groups excluding carboxylic acids is 1. The number of nitrogens with zero attached hydrogens (tertiary/aromatic N) is 3. The van der Waals surface area contributed by atoms with E-state index in [1.165, 1.54) is 5.56 Å². The van der Waals surface area contributed by atoms with Gasteiger partial charge in [0.05, 0.1) is 6.54 Å². The molecule has 1 aromatic heterocycles. The number of hydrogen-bond donors (Lipinski definition) is 0. The molecule has 3 aromatic rings. The summed E-state index contributed by atoms with van der Waals surface area (Å²) in [6.07, 6.45) is -0.00229. The summed E-state index contributed by atoms with van der Waals surface area (Å²) in [5.74, 6) is 1.37. The van der Waals surface area contributed by atoms with Crippen LogP contribution in [0.25, 0.3) is 11.5 Å². The van der Waals surface area contributed by atoms with Crippen molar-refractivity contribution < 1.29 is 13.9 Å². The molecule has 0 radical (unpaired) electrons. The van der Waals surface area contributed by atoms with Crippen LogP contribution in [0.5, 0.6) is 5.75 Å². The molecule has 30 heavy (non-hydrogen) atoms. The van der Waals surface area contributed by atoms with Crippen molar-refractivity contribution in [2.75, 3.05) is 7.05 Å². The number of ether oxygens (including phenoxy) is 1. The van der Waals surface area contributed by atoms with Gasteiger partial charge in [-0.3, -0.25) is 4.79 Å². The second kappa shape index (κ2) is 9.11. The summed E-state index contributed by atoms with van der Waals surface area (Å²) in [7, 11) is 1.71. The van der Waals surface area contributed by atoms with Crippen molar-refractivity contribution in [3.8, 4) is 17.2 Å². The van der Waals surface area contributed by atoms with E-state index in [-0.39, 0.29) is 17.9 Å². The van der Waals surface area contributed by atoms with Crippen LogP contribution in [0.1, 0.15) is 45.6 Å². The minimum atomic E-state index is -0.565. The molecule has 3 rings (SSSR count). The molecular formula is C24H29N3O3. The smallest absolute Gasteiger partial charge is 0.263 e. The number of likely N-dealkylation sites (N-methyl/N-ethyl adjacent to an activating group) is 1. The van der Waals surface area contributed by atoms with Gasteiger partial charge in [0.15, 0.2) is 6.10 Å². The van der Waals surface area contributed by atoms with Gasteiger partial charge >= 0.3 is 0 Å². The average Bonchev–Trinajstić information content (AvgIpc) is 3.20. The van der Waals surface area contributed by atoms with E-state index in [9.17, 15) is 4.79 Å². The highest BCUT2D eigenvalue weighted by atomic mass is 16.5. The van der Waals surface area contributed by atoms with Crippen LogP contribution in [0.3, 0.4) is 0 Å². The molecule has 2 aromatic carbocycles. The fourth-order valence-electron chi connectivity index (χ4n) is 3.05. The Morgan fingerprint density at radius 1 is 1.07 bits per heavy atom. The fourth-order valence-corrected chi connectivity index (χ4v) is 3.05. The zero-order valence-corrected chi connectivity index (χ0v) is 18.3. The second-order valence-electron chi connectivity index (χ2n) is 8.35. The average molecular weight is 408 g/mol. The van der Waals surface area contributed by atoms with Gasteiger partial charge in [-0.2, -0.15) is 0 Å². The van der Waals surface area contributed by atoms with E-state index in [1.807, 2.05) is 49.4 Å². The lowest BCUT2D eigenvalue weighted by atomic mass is 9.87. The molecule has 0 aliphatic carbocycles. The maximum atomic E-state index is 12.8. The Balaban J connectivity index is 1.65. The minimum Gasteiger partial charge on any atom is -0.481 e. The van der Waals surface area contributed by atoms with Crippen molar-refractivity contribution in [3.63, 3.8) is 0 Å². The maximum Gasteiger partial charge on any atom is 0.263 e. The summed E-state index contributed by atoms with van der Waals surface area (Å²) in [5.41, 5.74) is 2.18. The van der Waals surface area contributed by atoms with Crippen molar-refractivity contribution in [3.05, 3.63) is 66.1 Å². The number of para-hydroxylation sites is 1. The standard InChI is InChI=1S/C24H29N3O3/c1-6-20(29-19-10-8-7-9-11-19)23(28)27(5)16-21-25-26-22(30-21)17-12-14-18(15-13-17)24(2,3)4/h7-15,20H,6,16H2,1-5H3/t20-/m0/s1. The Morgan fingerprint density at radius 3 is 2.33 bits per heavy atom. The number of carbonyl (C=O) groups is 1. The second-order valence-corrected chi connectivity index (χ2v) is 8.35. The molecule has 0 saturated heterocycles. The first-order chi connectivity index (χ1) is 14.3. The molecule has 0 aliphatic rings. The minimum absolute atomic E-state index is 0.0826. The Labute approximate surface area is 177 Å². The van der Waals surface area contributed by atoms with Crippen LogP contribution in [-0.2, 0) is 16.8 Å². The summed E-state index contributed by atoms with van der Waals surface area (Å²) in [5, 5.41) is 8.24. The van der Waals surface area contributed by atoms with Gasteiger partial charge in [-0.15, -0.1) is 10.2 Å². The highest BCUT2D eigenvalue weighted by Gasteiger charge is 2.24. The molecule has 158 valence electrons. The van der Waals surface area contributed by atoms with Crippen LogP contribution in [0.15, 0.2) is 59.0 Å². The van der Waals surface area contributed by atoms with Crippen LogP contribution < -0.4 is 4.74 Å². The van der Waals surface area contributed by atoms with Crippen LogP contribution in [0, 0.1) is 0 Å². The molecule has 0 aliphatic heterocycles. The summed E-state index contributed by atoms with van der Waals surface area (Å²) >= 11 is 0. The molecule has 1 amide bonds. The summed E-state index contributed by atoms with van der Waals surface area (Å²) in [6, 6.07) is 17.4. The van der Waals surface area contributed by atoms with E-state index >= 15 is 0 Å². The fraction of sp³-hybridized carbons (Fsp3) is 0.375. The molecule has 1 heterocycles. The molecular weight excluding hydrogens is 378 g/mol. The zero-order valence-electron chi connectivity index (χ0n) is 18.3. The highest BCUT2D eigenvalue weighted by Crippen LogP contribution is 2.25. The Bertz CT molecular complexity index is 959. The Hall–Kier alpha value is -3.15. The molecule has 0 fully saturated rings. The van der Waals surface area contributed by atoms with Gasteiger partial charge in [0.25, 0.3) is 5.91 Å². The SMILES string of the molecule is CC[C@H](Oc1ccccc1)C(=O)N(C)Cc1nnc(-c2ccc(C(C)(C)C)cc2)o1. The van der Waals surface area contributed by atoms with Crippen molar-refractivity contribution in [1.29, 1.82) is 0 Å². The zero-order chi connectivity index (χ0) is 21.7. The maximum absolute atomic E-state index is 12.8. The van der Waals surface area contributed by atoms with Gasteiger partial charge in [-0.05, 0) is 41.7 Å². The third-order valence-electron chi connectivity index (χ3n) is 4.88. The lowest BCUT2D eigenvalue weighted by Gasteiger charge is -2.22. The number of amides is 1. The van der Waals surface area contributed by atoms with Crippen LogP contribution in [-0.4, -0.2) is 34.2 Å². The van der Waals surface area contributed by atoms with Crippen LogP contribution in [0.4, 0.5) is 0 Å².